The lowest BCUT2D eigenvalue weighted by Gasteiger charge is -2.09. The van der Waals surface area contributed by atoms with Crippen LogP contribution in [0.3, 0.4) is 0 Å². The topological polar surface area (TPSA) is 51.1 Å². The molecule has 0 fully saturated rings. The Labute approximate surface area is 148 Å². The Hall–Kier alpha value is -2.11. The Morgan fingerprint density at radius 3 is 2.79 bits per heavy atom. The van der Waals surface area contributed by atoms with Gasteiger partial charge >= 0.3 is 0 Å². The minimum absolute atomic E-state index is 0.0155. The number of nitrogens with zero attached hydrogens (tertiary/aromatic N) is 1. The number of hydrogen-bond donors (Lipinski definition) is 1. The second-order valence-electron chi connectivity index (χ2n) is 5.56. The lowest BCUT2D eigenvalue weighted by Crippen LogP contribution is -2.16. The molecule has 1 heterocycles. The third-order valence-corrected chi connectivity index (χ3v) is 5.39. The Balaban J connectivity index is 1.59. The molecule has 3 aromatic rings. The van der Waals surface area contributed by atoms with Crippen molar-refractivity contribution in [3.63, 3.8) is 0 Å². The maximum absolute atomic E-state index is 12.2. The number of anilines is 1. The first-order chi connectivity index (χ1) is 11.6. The predicted octanol–water partition coefficient (Wildman–Crippen LogP) is 4.44. The SMILES string of the molecule is Cc1c(Cl)cccc1NC(=O)CCCn1sc2ccccc2c1=O. The number of nitrogens with one attached hydrogen (secondary N) is 1. The van der Waals surface area contributed by atoms with Crippen LogP contribution in [0.1, 0.15) is 18.4 Å². The largest absolute Gasteiger partial charge is 0.326 e. The third kappa shape index (κ3) is 3.52. The van der Waals surface area contributed by atoms with Crippen LogP contribution >= 0.6 is 23.1 Å². The number of carbonyl (C=O) groups is 1. The number of halogens is 1. The van der Waals surface area contributed by atoms with E-state index in [1.54, 1.807) is 10.0 Å². The summed E-state index contributed by atoms with van der Waals surface area (Å²) in [6.45, 7) is 2.41. The molecule has 124 valence electrons. The van der Waals surface area contributed by atoms with Crippen LogP contribution in [0.15, 0.2) is 47.3 Å². The van der Waals surface area contributed by atoms with Gasteiger partial charge in [-0.05, 0) is 43.2 Å². The van der Waals surface area contributed by atoms with E-state index < -0.39 is 0 Å². The van der Waals surface area contributed by atoms with Crippen LogP contribution in [0.2, 0.25) is 5.02 Å². The van der Waals surface area contributed by atoms with Crippen molar-refractivity contribution in [2.75, 3.05) is 5.32 Å². The monoisotopic (exact) mass is 360 g/mol. The van der Waals surface area contributed by atoms with Gasteiger partial charge in [-0.3, -0.25) is 13.5 Å². The zero-order valence-electron chi connectivity index (χ0n) is 13.2. The van der Waals surface area contributed by atoms with Crippen LogP contribution < -0.4 is 10.9 Å². The van der Waals surface area contributed by atoms with Crippen molar-refractivity contribution in [3.05, 3.63) is 63.4 Å². The van der Waals surface area contributed by atoms with Crippen molar-refractivity contribution in [1.82, 2.24) is 3.96 Å². The molecule has 1 N–H and O–H groups in total. The van der Waals surface area contributed by atoms with E-state index in [-0.39, 0.29) is 11.5 Å². The predicted molar refractivity (Wildman–Crippen MR) is 100 cm³/mol. The van der Waals surface area contributed by atoms with E-state index in [1.165, 1.54) is 11.5 Å². The van der Waals surface area contributed by atoms with E-state index in [2.05, 4.69) is 5.32 Å². The number of aromatic nitrogens is 1. The van der Waals surface area contributed by atoms with Crippen LogP contribution in [0.25, 0.3) is 10.1 Å². The van der Waals surface area contributed by atoms with Crippen LogP contribution in [-0.2, 0) is 11.3 Å². The molecule has 24 heavy (non-hydrogen) atoms. The number of rotatable bonds is 5. The molecule has 0 atom stereocenters. The van der Waals surface area contributed by atoms with Crippen molar-refractivity contribution in [2.24, 2.45) is 0 Å². The second kappa shape index (κ2) is 7.20. The molecule has 1 amide bonds. The van der Waals surface area contributed by atoms with Crippen LogP contribution in [0.4, 0.5) is 5.69 Å². The van der Waals surface area contributed by atoms with Gasteiger partial charge in [0.15, 0.2) is 0 Å². The lowest BCUT2D eigenvalue weighted by molar-refractivity contribution is -0.116. The Kier molecular flexibility index (Phi) is 5.02. The molecular formula is C18H17ClN2O2S. The van der Waals surface area contributed by atoms with E-state index in [1.807, 2.05) is 43.3 Å². The summed E-state index contributed by atoms with van der Waals surface area (Å²) < 4.78 is 2.68. The maximum Gasteiger partial charge on any atom is 0.268 e. The van der Waals surface area contributed by atoms with Gasteiger partial charge in [-0.25, -0.2) is 0 Å². The van der Waals surface area contributed by atoms with Crippen molar-refractivity contribution in [3.8, 4) is 0 Å². The van der Waals surface area contributed by atoms with Gasteiger partial charge in [0.1, 0.15) is 0 Å². The van der Waals surface area contributed by atoms with E-state index in [4.69, 9.17) is 11.6 Å². The van der Waals surface area contributed by atoms with Crippen molar-refractivity contribution < 1.29 is 4.79 Å². The molecule has 0 spiro atoms. The first kappa shape index (κ1) is 16.7. The maximum atomic E-state index is 12.2. The van der Waals surface area contributed by atoms with Gasteiger partial charge in [-0.2, -0.15) is 0 Å². The van der Waals surface area contributed by atoms with Crippen molar-refractivity contribution in [1.29, 1.82) is 0 Å². The number of aryl methyl sites for hydroxylation is 1. The highest BCUT2D eigenvalue weighted by Gasteiger charge is 2.09. The fourth-order valence-electron chi connectivity index (χ4n) is 2.50. The zero-order valence-corrected chi connectivity index (χ0v) is 14.8. The molecule has 0 unspecified atom stereocenters. The van der Waals surface area contributed by atoms with Crippen molar-refractivity contribution >= 4 is 44.8 Å². The average Bonchev–Trinajstić information content (AvgIpc) is 2.89. The van der Waals surface area contributed by atoms with Gasteiger partial charge < -0.3 is 5.32 Å². The molecule has 0 aliphatic heterocycles. The summed E-state index contributed by atoms with van der Waals surface area (Å²) in [6.07, 6.45) is 0.963. The summed E-state index contributed by atoms with van der Waals surface area (Å²) in [4.78, 5) is 24.3. The smallest absolute Gasteiger partial charge is 0.268 e. The highest BCUT2D eigenvalue weighted by molar-refractivity contribution is 7.13. The number of carbonyl (C=O) groups excluding carboxylic acids is 1. The molecule has 0 radical (unpaired) electrons. The molecule has 0 aliphatic rings. The highest BCUT2D eigenvalue weighted by atomic mass is 35.5. The number of hydrogen-bond acceptors (Lipinski definition) is 3. The number of amides is 1. The molecular weight excluding hydrogens is 344 g/mol. The first-order valence-electron chi connectivity index (χ1n) is 7.70. The molecule has 4 nitrogen and oxygen atoms in total. The third-order valence-electron chi connectivity index (χ3n) is 3.86. The van der Waals surface area contributed by atoms with Gasteiger partial charge in [0, 0.05) is 23.7 Å². The molecule has 0 aliphatic carbocycles. The molecule has 3 rings (SSSR count). The summed E-state index contributed by atoms with van der Waals surface area (Å²) in [6, 6.07) is 13.0. The molecule has 0 saturated heterocycles. The fraction of sp³-hybridized carbons (Fsp3) is 0.222. The van der Waals surface area contributed by atoms with E-state index in [0.717, 1.165) is 21.3 Å². The van der Waals surface area contributed by atoms with Gasteiger partial charge in [-0.15, -0.1) is 0 Å². The molecule has 6 heteroatoms. The summed E-state index contributed by atoms with van der Waals surface area (Å²) in [5, 5.41) is 4.24. The minimum Gasteiger partial charge on any atom is -0.326 e. The number of benzene rings is 2. The van der Waals surface area contributed by atoms with Crippen LogP contribution in [0.5, 0.6) is 0 Å². The normalized spacial score (nSPS) is 10.9. The second-order valence-corrected chi connectivity index (χ2v) is 7.03. The summed E-state index contributed by atoms with van der Waals surface area (Å²) >= 11 is 7.49. The number of fused-ring (bicyclic) bond motifs is 1. The standard InChI is InChI=1S/C18H17ClN2O2S/c1-12-14(19)7-4-8-15(12)20-17(22)10-5-11-21-18(23)13-6-2-3-9-16(13)24-21/h2-4,6-9H,5,10-11H2,1H3,(H,20,22). The van der Waals surface area contributed by atoms with Gasteiger partial charge in [0.25, 0.3) is 5.56 Å². The quantitative estimate of drug-likeness (QED) is 0.731. The van der Waals surface area contributed by atoms with Gasteiger partial charge in [0.2, 0.25) is 5.91 Å². The molecule has 2 aromatic carbocycles. The highest BCUT2D eigenvalue weighted by Crippen LogP contribution is 2.23. The Morgan fingerprint density at radius 2 is 2.00 bits per heavy atom. The Bertz CT molecular complexity index is 946. The zero-order chi connectivity index (χ0) is 17.1. The average molecular weight is 361 g/mol. The summed E-state index contributed by atoms with van der Waals surface area (Å²) in [7, 11) is 0. The van der Waals surface area contributed by atoms with E-state index in [9.17, 15) is 9.59 Å². The Morgan fingerprint density at radius 1 is 1.21 bits per heavy atom. The first-order valence-corrected chi connectivity index (χ1v) is 8.85. The molecule has 1 aromatic heterocycles. The van der Waals surface area contributed by atoms with Crippen LogP contribution in [0, 0.1) is 6.92 Å². The fourth-order valence-corrected chi connectivity index (χ4v) is 3.71. The van der Waals surface area contributed by atoms with Gasteiger partial charge in [-0.1, -0.05) is 41.3 Å². The minimum atomic E-state index is -0.0745. The van der Waals surface area contributed by atoms with E-state index >= 15 is 0 Å². The van der Waals surface area contributed by atoms with E-state index in [0.29, 0.717) is 24.4 Å². The lowest BCUT2D eigenvalue weighted by atomic mass is 10.2. The van der Waals surface area contributed by atoms with Gasteiger partial charge in [0.05, 0.1) is 10.1 Å². The molecule has 0 saturated carbocycles. The van der Waals surface area contributed by atoms with Crippen LogP contribution in [-0.4, -0.2) is 9.86 Å². The molecule has 0 bridgehead atoms. The van der Waals surface area contributed by atoms with Crippen molar-refractivity contribution in [2.45, 2.75) is 26.3 Å². The summed E-state index contributed by atoms with van der Waals surface area (Å²) in [5.74, 6) is -0.0745. The summed E-state index contributed by atoms with van der Waals surface area (Å²) in [5.41, 5.74) is 1.60.